The van der Waals surface area contributed by atoms with Crippen LogP contribution in [0.15, 0.2) is 18.2 Å². The van der Waals surface area contributed by atoms with Crippen LogP contribution in [-0.4, -0.2) is 91.7 Å². The Morgan fingerprint density at radius 1 is 0.929 bits per heavy atom. The number of benzene rings is 1. The molecular weight excluding hydrogens is 554 g/mol. The number of hydrogen-bond donors (Lipinski definition) is 1. The Balaban J connectivity index is 1.18. The summed E-state index contributed by atoms with van der Waals surface area (Å²) in [6.07, 6.45) is 12.0. The first-order valence-corrected chi connectivity index (χ1v) is 16.2. The Bertz CT molecular complexity index is 1080. The van der Waals surface area contributed by atoms with E-state index in [1.807, 2.05) is 4.90 Å². The zero-order valence-electron chi connectivity index (χ0n) is 25.1. The lowest BCUT2D eigenvalue weighted by Gasteiger charge is -2.36. The van der Waals surface area contributed by atoms with E-state index in [9.17, 15) is 19.2 Å². The number of carbonyl (C=O) groups excluding carboxylic acids is 4. The Morgan fingerprint density at radius 2 is 1.57 bits per heavy atom. The third-order valence-electron chi connectivity index (χ3n) is 9.49. The number of nitrogens with two attached hydrogens (primary N) is 1. The second-order valence-electron chi connectivity index (χ2n) is 12.5. The summed E-state index contributed by atoms with van der Waals surface area (Å²) >= 11 is 6.31. The standard InChI is InChI=1S/C32H48ClN5O4/c1-35(16-10-24-11-17-36(18-12-24)30(40)26-6-3-2-4-7-26)23-25-13-19-37(20-14-25)31(41)27-8-9-28(33)29(22-27)38(32(34)42)15-5-21-39/h8-9,21-22,24-26H,2-7,10-20,23H2,1H3,(H2,34,42). The quantitative estimate of drug-likeness (QED) is 0.366. The second-order valence-corrected chi connectivity index (χ2v) is 12.9. The predicted octanol–water partition coefficient (Wildman–Crippen LogP) is 4.81. The number of anilines is 1. The topological polar surface area (TPSA) is 107 Å². The first-order chi connectivity index (χ1) is 20.3. The van der Waals surface area contributed by atoms with Gasteiger partial charge in [0, 0.05) is 57.2 Å². The van der Waals surface area contributed by atoms with E-state index in [-0.39, 0.29) is 24.8 Å². The summed E-state index contributed by atoms with van der Waals surface area (Å²) in [5.74, 6) is 1.83. The smallest absolute Gasteiger partial charge is 0.319 e. The monoisotopic (exact) mass is 601 g/mol. The maximum absolute atomic E-state index is 13.3. The van der Waals surface area contributed by atoms with Crippen LogP contribution in [0.4, 0.5) is 10.5 Å². The Hall–Kier alpha value is -2.65. The fourth-order valence-electron chi connectivity index (χ4n) is 6.87. The van der Waals surface area contributed by atoms with Gasteiger partial charge in [-0.15, -0.1) is 0 Å². The van der Waals surface area contributed by atoms with Crippen LogP contribution in [0.5, 0.6) is 0 Å². The SMILES string of the molecule is CN(CCC1CCN(C(=O)C2CCCCC2)CC1)CC1CCN(C(=O)c2ccc(Cl)c(N(CCC=O)C(N)=O)c2)CC1. The number of urea groups is 1. The maximum Gasteiger partial charge on any atom is 0.319 e. The predicted molar refractivity (Wildman–Crippen MR) is 166 cm³/mol. The first kappa shape index (κ1) is 32.3. The molecule has 232 valence electrons. The molecule has 1 saturated carbocycles. The number of halogens is 1. The van der Waals surface area contributed by atoms with Gasteiger partial charge in [-0.1, -0.05) is 30.9 Å². The molecule has 0 radical (unpaired) electrons. The van der Waals surface area contributed by atoms with Crippen LogP contribution in [0, 0.1) is 17.8 Å². The van der Waals surface area contributed by atoms with Crippen molar-refractivity contribution in [1.29, 1.82) is 0 Å². The third-order valence-corrected chi connectivity index (χ3v) is 9.81. The number of likely N-dealkylation sites (tertiary alicyclic amines) is 2. The molecule has 0 aromatic heterocycles. The molecule has 42 heavy (non-hydrogen) atoms. The van der Waals surface area contributed by atoms with Gasteiger partial charge in [-0.3, -0.25) is 14.5 Å². The van der Waals surface area contributed by atoms with Crippen molar-refractivity contribution in [2.24, 2.45) is 23.5 Å². The van der Waals surface area contributed by atoms with Gasteiger partial charge >= 0.3 is 6.03 Å². The average molecular weight is 602 g/mol. The van der Waals surface area contributed by atoms with Gasteiger partial charge in [-0.25, -0.2) is 4.79 Å². The van der Waals surface area contributed by atoms with Gasteiger partial charge in [0.1, 0.15) is 6.29 Å². The molecule has 0 spiro atoms. The van der Waals surface area contributed by atoms with E-state index in [1.165, 1.54) is 30.6 Å². The van der Waals surface area contributed by atoms with Crippen LogP contribution in [0.25, 0.3) is 0 Å². The van der Waals surface area contributed by atoms with E-state index in [0.717, 1.165) is 64.7 Å². The van der Waals surface area contributed by atoms with Gasteiger partial charge in [0.25, 0.3) is 5.91 Å². The van der Waals surface area contributed by atoms with Crippen LogP contribution < -0.4 is 10.6 Å². The molecule has 1 aliphatic carbocycles. The van der Waals surface area contributed by atoms with Crippen molar-refractivity contribution in [3.8, 4) is 0 Å². The highest BCUT2D eigenvalue weighted by Gasteiger charge is 2.30. The number of amides is 4. The molecule has 2 saturated heterocycles. The molecule has 3 aliphatic rings. The van der Waals surface area contributed by atoms with Gasteiger partial charge in [-0.05, 0) is 88.6 Å². The lowest BCUT2D eigenvalue weighted by Crippen LogP contribution is -2.43. The summed E-state index contributed by atoms with van der Waals surface area (Å²) in [5.41, 5.74) is 6.30. The summed E-state index contributed by atoms with van der Waals surface area (Å²) < 4.78 is 0. The average Bonchev–Trinajstić information content (AvgIpc) is 3.01. The summed E-state index contributed by atoms with van der Waals surface area (Å²) in [6, 6.07) is 4.14. The molecule has 9 nitrogen and oxygen atoms in total. The molecule has 2 heterocycles. The van der Waals surface area contributed by atoms with Crippen molar-refractivity contribution < 1.29 is 19.2 Å². The van der Waals surface area contributed by atoms with Crippen molar-refractivity contribution in [1.82, 2.24) is 14.7 Å². The number of primary amides is 1. The number of piperidine rings is 2. The van der Waals surface area contributed by atoms with Gasteiger partial charge in [0.2, 0.25) is 5.91 Å². The van der Waals surface area contributed by atoms with Crippen molar-refractivity contribution >= 4 is 41.4 Å². The van der Waals surface area contributed by atoms with E-state index in [4.69, 9.17) is 17.3 Å². The van der Waals surface area contributed by atoms with Gasteiger partial charge < -0.3 is 25.2 Å². The van der Waals surface area contributed by atoms with E-state index in [2.05, 4.69) is 16.8 Å². The van der Waals surface area contributed by atoms with Crippen LogP contribution in [-0.2, 0) is 9.59 Å². The summed E-state index contributed by atoms with van der Waals surface area (Å²) in [5, 5.41) is 0.302. The number of nitrogens with zero attached hydrogens (tertiary/aromatic N) is 4. The zero-order chi connectivity index (χ0) is 30.1. The lowest BCUT2D eigenvalue weighted by molar-refractivity contribution is -0.138. The highest BCUT2D eigenvalue weighted by atomic mass is 35.5. The molecule has 2 N–H and O–H groups in total. The van der Waals surface area contributed by atoms with Crippen LogP contribution >= 0.6 is 11.6 Å². The summed E-state index contributed by atoms with van der Waals surface area (Å²) in [6.45, 7) is 5.41. The molecule has 0 atom stereocenters. The number of aldehydes is 1. The molecule has 4 amide bonds. The van der Waals surface area contributed by atoms with Gasteiger partial charge in [-0.2, -0.15) is 0 Å². The third kappa shape index (κ3) is 8.69. The van der Waals surface area contributed by atoms with Crippen LogP contribution in [0.2, 0.25) is 5.02 Å². The number of rotatable bonds is 11. The lowest BCUT2D eigenvalue weighted by atomic mass is 9.86. The fraction of sp³-hybridized carbons (Fsp3) is 0.688. The van der Waals surface area contributed by atoms with Crippen molar-refractivity contribution in [2.45, 2.75) is 70.6 Å². The number of hydrogen-bond acceptors (Lipinski definition) is 5. The molecule has 0 unspecified atom stereocenters. The molecule has 10 heteroatoms. The molecule has 2 aliphatic heterocycles. The molecule has 0 bridgehead atoms. The van der Waals surface area contributed by atoms with Gasteiger partial charge in [0.15, 0.2) is 0 Å². The molecule has 4 rings (SSSR count). The van der Waals surface area contributed by atoms with Crippen molar-refractivity contribution in [2.75, 3.05) is 57.8 Å². The van der Waals surface area contributed by atoms with Crippen LogP contribution in [0.1, 0.15) is 81.0 Å². The Kier molecular flexibility index (Phi) is 12.1. The fourth-order valence-corrected chi connectivity index (χ4v) is 7.09. The van der Waals surface area contributed by atoms with Crippen molar-refractivity contribution in [3.05, 3.63) is 28.8 Å². The maximum atomic E-state index is 13.3. The van der Waals surface area contributed by atoms with E-state index < -0.39 is 6.03 Å². The zero-order valence-corrected chi connectivity index (χ0v) is 25.9. The first-order valence-electron chi connectivity index (χ1n) is 15.8. The second kappa shape index (κ2) is 15.7. The summed E-state index contributed by atoms with van der Waals surface area (Å²) in [7, 11) is 2.20. The molecule has 1 aromatic rings. The van der Waals surface area contributed by atoms with E-state index in [0.29, 0.717) is 53.4 Å². The molecular formula is C32H48ClN5O4. The minimum atomic E-state index is -0.719. The Labute approximate surface area is 255 Å². The highest BCUT2D eigenvalue weighted by molar-refractivity contribution is 6.34. The Morgan fingerprint density at radius 3 is 2.21 bits per heavy atom. The normalized spacial score (nSPS) is 19.2. The van der Waals surface area contributed by atoms with Crippen LogP contribution in [0.3, 0.4) is 0 Å². The van der Waals surface area contributed by atoms with Crippen molar-refractivity contribution in [3.63, 3.8) is 0 Å². The van der Waals surface area contributed by atoms with E-state index >= 15 is 0 Å². The molecule has 1 aromatic carbocycles. The molecule has 3 fully saturated rings. The summed E-state index contributed by atoms with van der Waals surface area (Å²) in [4.78, 5) is 56.6. The minimum absolute atomic E-state index is 0.0900. The van der Waals surface area contributed by atoms with Gasteiger partial charge in [0.05, 0.1) is 10.7 Å². The van der Waals surface area contributed by atoms with E-state index in [1.54, 1.807) is 18.2 Å². The highest BCUT2D eigenvalue weighted by Crippen LogP contribution is 2.30. The largest absolute Gasteiger partial charge is 0.351 e. The number of carbonyl (C=O) groups is 4. The minimum Gasteiger partial charge on any atom is -0.351 e.